The Morgan fingerprint density at radius 2 is 1.96 bits per heavy atom. The SMILES string of the molecule is CNCCC1CCN(Cc2nnc(C(=O)NCc3ccc(C)cc3)s2)CC1. The van der Waals surface area contributed by atoms with Crippen LogP contribution in [-0.4, -0.2) is 47.7 Å². The van der Waals surface area contributed by atoms with Crippen molar-refractivity contribution in [1.82, 2.24) is 25.7 Å². The Kier molecular flexibility index (Phi) is 7.32. The normalized spacial score (nSPS) is 15.8. The molecule has 0 bridgehead atoms. The molecule has 2 N–H and O–H groups in total. The van der Waals surface area contributed by atoms with Gasteiger partial charge in [0.15, 0.2) is 0 Å². The summed E-state index contributed by atoms with van der Waals surface area (Å²) >= 11 is 1.40. The molecule has 3 rings (SSSR count). The molecule has 1 aromatic carbocycles. The van der Waals surface area contributed by atoms with E-state index in [0.29, 0.717) is 11.6 Å². The quantitative estimate of drug-likeness (QED) is 0.729. The average Bonchev–Trinajstić information content (AvgIpc) is 3.15. The van der Waals surface area contributed by atoms with E-state index in [0.717, 1.165) is 42.7 Å². The van der Waals surface area contributed by atoms with Crippen LogP contribution < -0.4 is 10.6 Å². The highest BCUT2D eigenvalue weighted by Crippen LogP contribution is 2.22. The molecule has 1 saturated heterocycles. The van der Waals surface area contributed by atoms with E-state index in [9.17, 15) is 4.79 Å². The summed E-state index contributed by atoms with van der Waals surface area (Å²) in [5.74, 6) is 0.677. The third-order valence-electron chi connectivity index (χ3n) is 5.10. The van der Waals surface area contributed by atoms with Gasteiger partial charge in [-0.25, -0.2) is 0 Å². The number of carbonyl (C=O) groups excluding carboxylic acids is 1. The van der Waals surface area contributed by atoms with Gasteiger partial charge in [0.05, 0.1) is 6.54 Å². The lowest BCUT2D eigenvalue weighted by Crippen LogP contribution is -2.34. The fourth-order valence-electron chi connectivity index (χ4n) is 3.35. The topological polar surface area (TPSA) is 70.1 Å². The van der Waals surface area contributed by atoms with E-state index in [1.807, 2.05) is 31.3 Å². The minimum atomic E-state index is -0.148. The van der Waals surface area contributed by atoms with Crippen LogP contribution in [0.3, 0.4) is 0 Å². The Morgan fingerprint density at radius 3 is 2.67 bits per heavy atom. The molecule has 0 radical (unpaired) electrons. The predicted molar refractivity (Wildman–Crippen MR) is 109 cm³/mol. The second kappa shape index (κ2) is 9.92. The van der Waals surface area contributed by atoms with Gasteiger partial charge in [-0.05, 0) is 64.3 Å². The first kappa shape index (κ1) is 19.9. The molecule has 0 atom stereocenters. The van der Waals surface area contributed by atoms with Crippen molar-refractivity contribution in [3.8, 4) is 0 Å². The maximum absolute atomic E-state index is 12.3. The molecule has 1 aromatic heterocycles. The van der Waals surface area contributed by atoms with E-state index in [1.54, 1.807) is 0 Å². The average molecular weight is 388 g/mol. The molecular weight excluding hydrogens is 358 g/mol. The largest absolute Gasteiger partial charge is 0.346 e. The highest BCUT2D eigenvalue weighted by molar-refractivity contribution is 7.13. The van der Waals surface area contributed by atoms with Gasteiger partial charge in [-0.15, -0.1) is 10.2 Å². The molecule has 1 aliphatic heterocycles. The van der Waals surface area contributed by atoms with Gasteiger partial charge < -0.3 is 10.6 Å². The molecule has 27 heavy (non-hydrogen) atoms. The number of hydrogen-bond acceptors (Lipinski definition) is 6. The second-order valence-corrected chi connectivity index (χ2v) is 8.34. The number of nitrogens with zero attached hydrogens (tertiary/aromatic N) is 3. The number of carbonyl (C=O) groups is 1. The number of aryl methyl sites for hydroxylation is 1. The lowest BCUT2D eigenvalue weighted by atomic mass is 9.93. The summed E-state index contributed by atoms with van der Waals surface area (Å²) in [6, 6.07) is 8.15. The van der Waals surface area contributed by atoms with Crippen LogP contribution in [0.2, 0.25) is 0 Å². The van der Waals surface area contributed by atoms with Crippen LogP contribution in [0.1, 0.15) is 45.2 Å². The van der Waals surface area contributed by atoms with Crippen molar-refractivity contribution >= 4 is 17.2 Å². The van der Waals surface area contributed by atoms with Gasteiger partial charge in [-0.1, -0.05) is 41.2 Å². The standard InChI is InChI=1S/C20H29N5OS/c1-15-3-5-17(6-4-15)13-22-19(26)20-24-23-18(27-20)14-25-11-8-16(9-12-25)7-10-21-2/h3-6,16,21H,7-14H2,1-2H3,(H,22,26). The van der Waals surface area contributed by atoms with Gasteiger partial charge in [-0.2, -0.15) is 0 Å². The maximum atomic E-state index is 12.3. The predicted octanol–water partition coefficient (Wildman–Crippen LogP) is 2.60. The zero-order valence-electron chi connectivity index (χ0n) is 16.2. The molecular formula is C20H29N5OS. The molecule has 7 heteroatoms. The molecule has 0 aliphatic carbocycles. The van der Waals surface area contributed by atoms with Crippen LogP contribution in [0.15, 0.2) is 24.3 Å². The lowest BCUT2D eigenvalue weighted by Gasteiger charge is -2.31. The van der Waals surface area contributed by atoms with Crippen molar-refractivity contribution in [2.45, 2.75) is 39.3 Å². The van der Waals surface area contributed by atoms with Gasteiger partial charge in [0.25, 0.3) is 5.91 Å². The highest BCUT2D eigenvalue weighted by Gasteiger charge is 2.21. The zero-order valence-corrected chi connectivity index (χ0v) is 17.0. The number of benzene rings is 1. The van der Waals surface area contributed by atoms with E-state index >= 15 is 0 Å². The summed E-state index contributed by atoms with van der Waals surface area (Å²) in [4.78, 5) is 14.7. The minimum absolute atomic E-state index is 0.148. The molecule has 0 saturated carbocycles. The number of piperidine rings is 1. The second-order valence-electron chi connectivity index (χ2n) is 7.28. The number of rotatable bonds is 8. The lowest BCUT2D eigenvalue weighted by molar-refractivity contribution is 0.0950. The van der Waals surface area contributed by atoms with E-state index < -0.39 is 0 Å². The summed E-state index contributed by atoms with van der Waals surface area (Å²) in [5.41, 5.74) is 2.30. The van der Waals surface area contributed by atoms with Crippen molar-refractivity contribution < 1.29 is 4.79 Å². The molecule has 1 amide bonds. The van der Waals surface area contributed by atoms with E-state index in [1.165, 1.54) is 36.2 Å². The molecule has 1 aliphatic rings. The fourth-order valence-corrected chi connectivity index (χ4v) is 4.14. The Balaban J connectivity index is 1.44. The minimum Gasteiger partial charge on any atom is -0.346 e. The molecule has 1 fully saturated rings. The first-order chi connectivity index (χ1) is 13.1. The Morgan fingerprint density at radius 1 is 1.22 bits per heavy atom. The summed E-state index contributed by atoms with van der Waals surface area (Å²) in [5, 5.41) is 15.8. The maximum Gasteiger partial charge on any atom is 0.282 e. The van der Waals surface area contributed by atoms with Crippen molar-refractivity contribution in [3.63, 3.8) is 0 Å². The van der Waals surface area contributed by atoms with Crippen LogP contribution in [-0.2, 0) is 13.1 Å². The fraction of sp³-hybridized carbons (Fsp3) is 0.550. The third-order valence-corrected chi connectivity index (χ3v) is 6.01. The van der Waals surface area contributed by atoms with Gasteiger partial charge >= 0.3 is 0 Å². The van der Waals surface area contributed by atoms with Crippen LogP contribution in [0.4, 0.5) is 0 Å². The van der Waals surface area contributed by atoms with Crippen molar-refractivity contribution in [2.24, 2.45) is 5.92 Å². The number of likely N-dealkylation sites (tertiary alicyclic amines) is 1. The van der Waals surface area contributed by atoms with Crippen LogP contribution in [0, 0.1) is 12.8 Å². The van der Waals surface area contributed by atoms with Crippen molar-refractivity contribution in [3.05, 3.63) is 45.4 Å². The number of nitrogens with one attached hydrogen (secondary N) is 2. The number of hydrogen-bond donors (Lipinski definition) is 2. The Hall–Kier alpha value is -1.83. The van der Waals surface area contributed by atoms with Crippen molar-refractivity contribution in [1.29, 1.82) is 0 Å². The van der Waals surface area contributed by atoms with E-state index in [4.69, 9.17) is 0 Å². The van der Waals surface area contributed by atoms with Gasteiger partial charge in [0, 0.05) is 6.54 Å². The highest BCUT2D eigenvalue weighted by atomic mass is 32.1. The van der Waals surface area contributed by atoms with Gasteiger partial charge in [0.1, 0.15) is 5.01 Å². The summed E-state index contributed by atoms with van der Waals surface area (Å²) in [6.45, 7) is 6.65. The molecule has 0 unspecified atom stereocenters. The number of amides is 1. The van der Waals surface area contributed by atoms with E-state index in [2.05, 4.69) is 32.7 Å². The monoisotopic (exact) mass is 387 g/mol. The van der Waals surface area contributed by atoms with Crippen LogP contribution in [0.25, 0.3) is 0 Å². The molecule has 2 heterocycles. The zero-order chi connectivity index (χ0) is 19.1. The van der Waals surface area contributed by atoms with Gasteiger partial charge in [0.2, 0.25) is 5.01 Å². The smallest absolute Gasteiger partial charge is 0.282 e. The van der Waals surface area contributed by atoms with E-state index in [-0.39, 0.29) is 5.91 Å². The Labute approximate surface area is 165 Å². The Bertz CT molecular complexity index is 722. The molecule has 6 nitrogen and oxygen atoms in total. The molecule has 0 spiro atoms. The summed E-state index contributed by atoms with van der Waals surface area (Å²) < 4.78 is 0. The first-order valence-electron chi connectivity index (χ1n) is 9.67. The van der Waals surface area contributed by atoms with Crippen molar-refractivity contribution in [2.75, 3.05) is 26.7 Å². The summed E-state index contributed by atoms with van der Waals surface area (Å²) in [7, 11) is 2.01. The molecule has 2 aromatic rings. The van der Waals surface area contributed by atoms with Crippen LogP contribution in [0.5, 0.6) is 0 Å². The van der Waals surface area contributed by atoms with Crippen LogP contribution >= 0.6 is 11.3 Å². The summed E-state index contributed by atoms with van der Waals surface area (Å²) in [6.07, 6.45) is 3.74. The first-order valence-corrected chi connectivity index (χ1v) is 10.5. The van der Waals surface area contributed by atoms with Gasteiger partial charge in [-0.3, -0.25) is 9.69 Å². The molecule has 146 valence electrons. The number of aromatic nitrogens is 2. The third kappa shape index (κ3) is 6.09.